The molecule has 94 valence electrons. The molecule has 0 saturated carbocycles. The highest BCUT2D eigenvalue weighted by molar-refractivity contribution is 7.91. The van der Waals surface area contributed by atoms with E-state index in [0.29, 0.717) is 18.2 Å². The van der Waals surface area contributed by atoms with Crippen LogP contribution in [-0.2, 0) is 16.4 Å². The first-order valence-electron chi connectivity index (χ1n) is 5.70. The molecule has 6 heteroatoms. The summed E-state index contributed by atoms with van der Waals surface area (Å²) in [5.74, 6) is 1.23. The molecule has 1 unspecified atom stereocenters. The van der Waals surface area contributed by atoms with Crippen molar-refractivity contribution in [3.05, 3.63) is 25.0 Å². The average molecular weight is 255 g/mol. The van der Waals surface area contributed by atoms with Gasteiger partial charge in [-0.05, 0) is 12.8 Å². The van der Waals surface area contributed by atoms with Crippen LogP contribution in [0.3, 0.4) is 0 Å². The molecule has 1 atom stereocenters. The molecule has 1 aromatic heterocycles. The number of imidazole rings is 1. The minimum Gasteiger partial charge on any atom is -0.352 e. The number of sulfone groups is 1. The summed E-state index contributed by atoms with van der Waals surface area (Å²) in [6.07, 6.45) is 6.93. The first-order valence-corrected chi connectivity index (χ1v) is 7.52. The third kappa shape index (κ3) is 3.09. The number of hydrogen-bond donors (Lipinski definition) is 1. The van der Waals surface area contributed by atoms with E-state index >= 15 is 0 Å². The van der Waals surface area contributed by atoms with Crippen LogP contribution in [0.15, 0.2) is 25.0 Å². The maximum absolute atomic E-state index is 11.5. The zero-order chi connectivity index (χ0) is 12.3. The summed E-state index contributed by atoms with van der Waals surface area (Å²) in [7, 11) is -2.88. The number of rotatable bonds is 4. The van der Waals surface area contributed by atoms with Gasteiger partial charge in [0.05, 0.1) is 11.5 Å². The first kappa shape index (κ1) is 12.2. The second kappa shape index (κ2) is 4.91. The number of aromatic nitrogens is 2. The molecular weight excluding hydrogens is 238 g/mol. The van der Waals surface area contributed by atoms with Crippen molar-refractivity contribution in [2.75, 3.05) is 16.8 Å². The van der Waals surface area contributed by atoms with E-state index in [1.54, 1.807) is 12.3 Å². The molecule has 0 amide bonds. The molecule has 2 heterocycles. The Balaban J connectivity index is 2.05. The van der Waals surface area contributed by atoms with E-state index < -0.39 is 9.84 Å². The van der Waals surface area contributed by atoms with Gasteiger partial charge in [0.15, 0.2) is 9.84 Å². The highest BCUT2D eigenvalue weighted by Crippen LogP contribution is 2.16. The molecule has 1 fully saturated rings. The van der Waals surface area contributed by atoms with Gasteiger partial charge in [0.1, 0.15) is 0 Å². The Kier molecular flexibility index (Phi) is 3.51. The Hall–Kier alpha value is -1.30. The Morgan fingerprint density at radius 3 is 3.18 bits per heavy atom. The van der Waals surface area contributed by atoms with E-state index in [2.05, 4.69) is 16.9 Å². The molecule has 0 bridgehead atoms. The fourth-order valence-electron chi connectivity index (χ4n) is 2.06. The Morgan fingerprint density at radius 1 is 1.65 bits per heavy atom. The number of nitrogens with one attached hydrogen (secondary N) is 1. The van der Waals surface area contributed by atoms with Gasteiger partial charge in [0.2, 0.25) is 5.95 Å². The smallest absolute Gasteiger partial charge is 0.203 e. The van der Waals surface area contributed by atoms with Gasteiger partial charge < -0.3 is 9.88 Å². The van der Waals surface area contributed by atoms with E-state index in [1.807, 2.05) is 10.8 Å². The molecule has 0 spiro atoms. The van der Waals surface area contributed by atoms with E-state index in [1.165, 1.54) is 0 Å². The van der Waals surface area contributed by atoms with Gasteiger partial charge in [0.25, 0.3) is 0 Å². The van der Waals surface area contributed by atoms with Crippen LogP contribution in [0.4, 0.5) is 5.95 Å². The van der Waals surface area contributed by atoms with Gasteiger partial charge in [0, 0.05) is 25.0 Å². The van der Waals surface area contributed by atoms with Crippen molar-refractivity contribution < 1.29 is 8.42 Å². The van der Waals surface area contributed by atoms with Crippen LogP contribution >= 0.6 is 0 Å². The van der Waals surface area contributed by atoms with Crippen molar-refractivity contribution in [3.63, 3.8) is 0 Å². The molecule has 1 saturated heterocycles. The van der Waals surface area contributed by atoms with E-state index in [0.717, 1.165) is 12.8 Å². The number of allylic oxidation sites excluding steroid dienone is 1. The molecule has 1 aliphatic heterocycles. The molecule has 2 rings (SSSR count). The maximum atomic E-state index is 11.5. The molecule has 0 aliphatic carbocycles. The summed E-state index contributed by atoms with van der Waals surface area (Å²) < 4.78 is 24.9. The number of nitrogens with zero attached hydrogens (tertiary/aromatic N) is 2. The predicted molar refractivity (Wildman–Crippen MR) is 67.7 cm³/mol. The highest BCUT2D eigenvalue weighted by Gasteiger charge is 2.25. The summed E-state index contributed by atoms with van der Waals surface area (Å²) in [4.78, 5) is 4.19. The summed E-state index contributed by atoms with van der Waals surface area (Å²) in [5.41, 5.74) is 0. The fraction of sp³-hybridized carbons (Fsp3) is 0.545. The lowest BCUT2D eigenvalue weighted by Crippen LogP contribution is -2.35. The van der Waals surface area contributed by atoms with Crippen molar-refractivity contribution in [1.29, 1.82) is 0 Å². The van der Waals surface area contributed by atoms with Crippen molar-refractivity contribution in [2.45, 2.75) is 25.4 Å². The summed E-state index contributed by atoms with van der Waals surface area (Å²) >= 11 is 0. The van der Waals surface area contributed by atoms with Crippen molar-refractivity contribution in [3.8, 4) is 0 Å². The lowest BCUT2D eigenvalue weighted by Gasteiger charge is -2.23. The molecule has 5 nitrogen and oxygen atoms in total. The van der Waals surface area contributed by atoms with Gasteiger partial charge in [-0.15, -0.1) is 6.58 Å². The SMILES string of the molecule is C=CCn1ccnc1NC1CCCS(=O)(=O)C1. The lowest BCUT2D eigenvalue weighted by molar-refractivity contribution is 0.560. The normalized spacial score (nSPS) is 23.2. The topological polar surface area (TPSA) is 64.0 Å². The van der Waals surface area contributed by atoms with Crippen LogP contribution < -0.4 is 5.32 Å². The number of hydrogen-bond acceptors (Lipinski definition) is 4. The minimum absolute atomic E-state index is 0.0280. The van der Waals surface area contributed by atoms with Gasteiger partial charge in [-0.25, -0.2) is 13.4 Å². The van der Waals surface area contributed by atoms with Crippen LogP contribution in [0.1, 0.15) is 12.8 Å². The Bertz CT molecular complexity index is 493. The standard InChI is InChI=1S/C11H17N3O2S/c1-2-6-14-7-5-12-11(14)13-10-4-3-8-17(15,16)9-10/h2,5,7,10H,1,3-4,6,8-9H2,(H,12,13). The fourth-order valence-corrected chi connectivity index (χ4v) is 3.69. The van der Waals surface area contributed by atoms with Crippen molar-refractivity contribution in [1.82, 2.24) is 9.55 Å². The van der Waals surface area contributed by atoms with Crippen LogP contribution in [0.5, 0.6) is 0 Å². The highest BCUT2D eigenvalue weighted by atomic mass is 32.2. The van der Waals surface area contributed by atoms with Crippen LogP contribution in [-0.4, -0.2) is 35.5 Å². The van der Waals surface area contributed by atoms with Crippen LogP contribution in [0, 0.1) is 0 Å². The third-order valence-electron chi connectivity index (χ3n) is 2.84. The predicted octanol–water partition coefficient (Wildman–Crippen LogP) is 1.06. The van der Waals surface area contributed by atoms with Crippen LogP contribution in [0.25, 0.3) is 0 Å². The third-order valence-corrected chi connectivity index (χ3v) is 4.66. The number of anilines is 1. The second-order valence-electron chi connectivity index (χ2n) is 4.29. The molecule has 1 aromatic rings. The minimum atomic E-state index is -2.88. The molecular formula is C11H17N3O2S. The summed E-state index contributed by atoms with van der Waals surface area (Å²) in [5, 5.41) is 3.19. The second-order valence-corrected chi connectivity index (χ2v) is 6.52. The van der Waals surface area contributed by atoms with E-state index in [-0.39, 0.29) is 11.8 Å². The van der Waals surface area contributed by atoms with E-state index in [4.69, 9.17) is 0 Å². The van der Waals surface area contributed by atoms with Gasteiger partial charge in [-0.3, -0.25) is 0 Å². The molecule has 1 aliphatic rings. The largest absolute Gasteiger partial charge is 0.352 e. The zero-order valence-corrected chi connectivity index (χ0v) is 10.5. The van der Waals surface area contributed by atoms with Crippen LogP contribution in [0.2, 0.25) is 0 Å². The lowest BCUT2D eigenvalue weighted by atomic mass is 10.2. The van der Waals surface area contributed by atoms with E-state index in [9.17, 15) is 8.42 Å². The molecule has 17 heavy (non-hydrogen) atoms. The molecule has 0 radical (unpaired) electrons. The Morgan fingerprint density at radius 2 is 2.47 bits per heavy atom. The van der Waals surface area contributed by atoms with Gasteiger partial charge in [-0.1, -0.05) is 6.08 Å². The molecule has 0 aromatic carbocycles. The average Bonchev–Trinajstić information content (AvgIpc) is 2.65. The van der Waals surface area contributed by atoms with Gasteiger partial charge >= 0.3 is 0 Å². The first-order chi connectivity index (χ1) is 8.11. The maximum Gasteiger partial charge on any atom is 0.203 e. The zero-order valence-electron chi connectivity index (χ0n) is 9.67. The summed E-state index contributed by atoms with van der Waals surface area (Å²) in [6, 6.07) is -0.0280. The van der Waals surface area contributed by atoms with Crippen molar-refractivity contribution >= 4 is 15.8 Å². The quantitative estimate of drug-likeness (QED) is 0.817. The molecule has 1 N–H and O–H groups in total. The monoisotopic (exact) mass is 255 g/mol. The summed E-state index contributed by atoms with van der Waals surface area (Å²) in [6.45, 7) is 4.34. The Labute approximate surface area is 101 Å². The van der Waals surface area contributed by atoms with Gasteiger partial charge in [-0.2, -0.15) is 0 Å². The van der Waals surface area contributed by atoms with Crippen molar-refractivity contribution in [2.24, 2.45) is 0 Å².